The third-order valence-corrected chi connectivity index (χ3v) is 6.64. The molecule has 0 atom stereocenters. The smallest absolute Gasteiger partial charge is 0.271 e. The number of nitrogens with zero attached hydrogens (tertiary/aromatic N) is 5. The standard InChI is InChI=1S/C26H27N7O2/c1-32-15-28-22-19(3-2-4-20(22)32)23-21(16-5-6-16)31-26(24(30-23)25(27)34)29-17-7-9-18(10-8-17)33-11-13-35-14-12-33/h2-4,7-10,15-16H,5-6,11-14H2,1H3,(H2,27,34)(H,29,31). The van der Waals surface area contributed by atoms with Gasteiger partial charge in [0.25, 0.3) is 5.91 Å². The Hall–Kier alpha value is -3.98. The minimum absolute atomic E-state index is 0.120. The van der Waals surface area contributed by atoms with E-state index in [1.54, 1.807) is 6.33 Å². The predicted molar refractivity (Wildman–Crippen MR) is 135 cm³/mol. The van der Waals surface area contributed by atoms with Crippen LogP contribution in [0.15, 0.2) is 48.8 Å². The van der Waals surface area contributed by atoms with Crippen molar-refractivity contribution >= 4 is 34.1 Å². The van der Waals surface area contributed by atoms with Crippen molar-refractivity contribution < 1.29 is 9.53 Å². The number of ether oxygens (including phenoxy) is 1. The normalized spacial score (nSPS) is 16.0. The molecule has 1 amide bonds. The molecule has 6 rings (SSSR count). The molecule has 4 aromatic rings. The lowest BCUT2D eigenvalue weighted by Gasteiger charge is -2.29. The summed E-state index contributed by atoms with van der Waals surface area (Å²) in [6.45, 7) is 3.22. The van der Waals surface area contributed by atoms with Gasteiger partial charge >= 0.3 is 0 Å². The van der Waals surface area contributed by atoms with Crippen LogP contribution < -0.4 is 16.0 Å². The van der Waals surface area contributed by atoms with Gasteiger partial charge in [0.1, 0.15) is 0 Å². The Morgan fingerprint density at radius 2 is 1.86 bits per heavy atom. The van der Waals surface area contributed by atoms with Crippen molar-refractivity contribution in [3.63, 3.8) is 0 Å². The van der Waals surface area contributed by atoms with Crippen LogP contribution in [-0.2, 0) is 11.8 Å². The number of aromatic nitrogens is 4. The maximum Gasteiger partial charge on any atom is 0.271 e. The second-order valence-electron chi connectivity index (χ2n) is 9.09. The van der Waals surface area contributed by atoms with Gasteiger partial charge in [0, 0.05) is 43.0 Å². The number of benzene rings is 2. The minimum Gasteiger partial charge on any atom is -0.378 e. The SMILES string of the molecule is Cn1cnc2c(-c3nc(C(N)=O)c(Nc4ccc(N5CCOCC5)cc4)nc3C3CC3)cccc21. The van der Waals surface area contributed by atoms with Crippen molar-refractivity contribution in [2.24, 2.45) is 12.8 Å². The van der Waals surface area contributed by atoms with E-state index in [4.69, 9.17) is 20.4 Å². The van der Waals surface area contributed by atoms with Crippen LogP contribution in [0, 0.1) is 0 Å². The van der Waals surface area contributed by atoms with Gasteiger partial charge in [-0.1, -0.05) is 12.1 Å². The van der Waals surface area contributed by atoms with E-state index in [1.807, 2.05) is 41.9 Å². The summed E-state index contributed by atoms with van der Waals surface area (Å²) in [7, 11) is 1.96. The Morgan fingerprint density at radius 3 is 2.57 bits per heavy atom. The summed E-state index contributed by atoms with van der Waals surface area (Å²) in [5, 5.41) is 3.29. The lowest BCUT2D eigenvalue weighted by molar-refractivity contribution is 0.0996. The molecule has 0 unspecified atom stereocenters. The monoisotopic (exact) mass is 469 g/mol. The number of carbonyl (C=O) groups is 1. The zero-order valence-electron chi connectivity index (χ0n) is 19.6. The highest BCUT2D eigenvalue weighted by Gasteiger charge is 2.32. The molecule has 3 N–H and O–H groups in total. The third-order valence-electron chi connectivity index (χ3n) is 6.64. The van der Waals surface area contributed by atoms with Crippen LogP contribution in [0.2, 0.25) is 0 Å². The van der Waals surface area contributed by atoms with Crippen molar-refractivity contribution in [3.05, 3.63) is 60.2 Å². The second kappa shape index (κ2) is 8.66. The van der Waals surface area contributed by atoms with Crippen LogP contribution in [0.3, 0.4) is 0 Å². The number of amides is 1. The van der Waals surface area contributed by atoms with Crippen molar-refractivity contribution in [2.45, 2.75) is 18.8 Å². The molecule has 1 saturated carbocycles. The number of carbonyl (C=O) groups excluding carboxylic acids is 1. The number of rotatable bonds is 6. The molecule has 178 valence electrons. The summed E-state index contributed by atoms with van der Waals surface area (Å²) in [4.78, 5) is 29.0. The fourth-order valence-electron chi connectivity index (χ4n) is 4.61. The maximum atomic E-state index is 12.5. The van der Waals surface area contributed by atoms with Crippen molar-refractivity contribution in [1.29, 1.82) is 0 Å². The molecule has 3 heterocycles. The first-order valence-electron chi connectivity index (χ1n) is 11.9. The Balaban J connectivity index is 1.39. The topological polar surface area (TPSA) is 111 Å². The first-order valence-corrected chi connectivity index (χ1v) is 11.9. The van der Waals surface area contributed by atoms with Crippen molar-refractivity contribution in [2.75, 3.05) is 36.5 Å². The highest BCUT2D eigenvalue weighted by Crippen LogP contribution is 2.44. The second-order valence-corrected chi connectivity index (χ2v) is 9.09. The van der Waals surface area contributed by atoms with E-state index in [-0.39, 0.29) is 5.69 Å². The molecule has 1 aliphatic carbocycles. The Morgan fingerprint density at radius 1 is 1.09 bits per heavy atom. The molecular formula is C26H27N7O2. The molecular weight excluding hydrogens is 442 g/mol. The van der Waals surface area contributed by atoms with E-state index in [2.05, 4.69) is 27.3 Å². The number of imidazole rings is 1. The van der Waals surface area contributed by atoms with Crippen LogP contribution in [0.5, 0.6) is 0 Å². The van der Waals surface area contributed by atoms with E-state index in [1.165, 1.54) is 0 Å². The van der Waals surface area contributed by atoms with Gasteiger partial charge in [-0.3, -0.25) is 4.79 Å². The first-order chi connectivity index (χ1) is 17.1. The van der Waals surface area contributed by atoms with E-state index in [0.717, 1.165) is 72.8 Å². The molecule has 2 aromatic carbocycles. The van der Waals surface area contributed by atoms with Crippen LogP contribution >= 0.6 is 0 Å². The molecule has 0 radical (unpaired) electrons. The third kappa shape index (κ3) is 4.08. The zero-order chi connectivity index (χ0) is 23.9. The summed E-state index contributed by atoms with van der Waals surface area (Å²) in [5.74, 6) is 0.0693. The molecule has 2 fully saturated rings. The number of anilines is 3. The molecule has 2 aromatic heterocycles. The van der Waals surface area contributed by atoms with Gasteiger partial charge in [-0.05, 0) is 43.2 Å². The fourth-order valence-corrected chi connectivity index (χ4v) is 4.61. The number of fused-ring (bicyclic) bond motifs is 1. The van der Waals surface area contributed by atoms with Gasteiger partial charge in [0.05, 0.1) is 42.0 Å². The van der Waals surface area contributed by atoms with Crippen molar-refractivity contribution in [1.82, 2.24) is 19.5 Å². The van der Waals surface area contributed by atoms with E-state index in [9.17, 15) is 4.79 Å². The lowest BCUT2D eigenvalue weighted by atomic mass is 10.0. The number of hydrogen-bond donors (Lipinski definition) is 2. The largest absolute Gasteiger partial charge is 0.378 e. The minimum atomic E-state index is -0.623. The average molecular weight is 470 g/mol. The Bertz CT molecular complexity index is 1400. The van der Waals surface area contributed by atoms with Gasteiger partial charge < -0.3 is 25.3 Å². The van der Waals surface area contributed by atoms with Gasteiger partial charge in [0.2, 0.25) is 0 Å². The first kappa shape index (κ1) is 21.5. The molecule has 0 spiro atoms. The lowest BCUT2D eigenvalue weighted by Crippen LogP contribution is -2.36. The van der Waals surface area contributed by atoms with Gasteiger partial charge in [-0.25, -0.2) is 15.0 Å². The molecule has 9 heteroatoms. The van der Waals surface area contributed by atoms with Gasteiger partial charge in [0.15, 0.2) is 11.5 Å². The number of hydrogen-bond acceptors (Lipinski definition) is 7. The summed E-state index contributed by atoms with van der Waals surface area (Å²) in [5.41, 5.74) is 12.1. The number of nitrogens with one attached hydrogen (secondary N) is 1. The fraction of sp³-hybridized carbons (Fsp3) is 0.308. The molecule has 2 aliphatic rings. The Labute approximate surface area is 203 Å². The maximum absolute atomic E-state index is 12.5. The Kier molecular flexibility index (Phi) is 5.33. The molecule has 1 saturated heterocycles. The van der Waals surface area contributed by atoms with Gasteiger partial charge in [-0.2, -0.15) is 0 Å². The zero-order valence-corrected chi connectivity index (χ0v) is 19.6. The number of para-hydroxylation sites is 1. The molecule has 9 nitrogen and oxygen atoms in total. The summed E-state index contributed by atoms with van der Waals surface area (Å²) in [6, 6.07) is 14.1. The number of nitrogens with two attached hydrogens (primary N) is 1. The van der Waals surface area contributed by atoms with Gasteiger partial charge in [-0.15, -0.1) is 0 Å². The highest BCUT2D eigenvalue weighted by molar-refractivity contribution is 5.98. The quantitative estimate of drug-likeness (QED) is 0.444. The number of morpholine rings is 1. The van der Waals surface area contributed by atoms with Crippen LogP contribution in [0.4, 0.5) is 17.2 Å². The molecule has 1 aliphatic heterocycles. The molecule has 0 bridgehead atoms. The van der Waals surface area contributed by atoms with Crippen LogP contribution in [-0.4, -0.2) is 51.7 Å². The van der Waals surface area contributed by atoms with Crippen molar-refractivity contribution in [3.8, 4) is 11.3 Å². The molecule has 35 heavy (non-hydrogen) atoms. The van der Waals surface area contributed by atoms with E-state index in [0.29, 0.717) is 17.4 Å². The van der Waals surface area contributed by atoms with Crippen LogP contribution in [0.25, 0.3) is 22.3 Å². The average Bonchev–Trinajstić information content (AvgIpc) is 3.67. The summed E-state index contributed by atoms with van der Waals surface area (Å²) >= 11 is 0. The van der Waals surface area contributed by atoms with Crippen LogP contribution in [0.1, 0.15) is 34.9 Å². The van der Waals surface area contributed by atoms with E-state index >= 15 is 0 Å². The predicted octanol–water partition coefficient (Wildman–Crippen LogP) is 3.59. The number of primary amides is 1. The van der Waals surface area contributed by atoms with E-state index < -0.39 is 5.91 Å². The summed E-state index contributed by atoms with van der Waals surface area (Å²) < 4.78 is 7.41. The highest BCUT2D eigenvalue weighted by atomic mass is 16.5. The summed E-state index contributed by atoms with van der Waals surface area (Å²) in [6.07, 6.45) is 3.87. The number of aryl methyl sites for hydroxylation is 1.